The highest BCUT2D eigenvalue weighted by Gasteiger charge is 2.31. The van der Waals surface area contributed by atoms with Crippen LogP contribution in [0.5, 0.6) is 0 Å². The summed E-state index contributed by atoms with van der Waals surface area (Å²) in [5.74, 6) is 0.324. The molecule has 5 heteroatoms. The summed E-state index contributed by atoms with van der Waals surface area (Å²) in [6, 6.07) is 16.9. The number of ketones is 1. The number of hydrogen-bond acceptors (Lipinski definition) is 3. The van der Waals surface area contributed by atoms with E-state index in [1.165, 1.54) is 5.56 Å². The predicted octanol–water partition coefficient (Wildman–Crippen LogP) is 4.80. The molecule has 4 nitrogen and oxygen atoms in total. The number of nitrogens with zero attached hydrogens (tertiary/aromatic N) is 1. The summed E-state index contributed by atoms with van der Waals surface area (Å²) >= 11 is 6.01. The van der Waals surface area contributed by atoms with Crippen molar-refractivity contribution < 1.29 is 9.59 Å². The highest BCUT2D eigenvalue weighted by atomic mass is 35.5. The molecule has 0 heterocycles. The van der Waals surface area contributed by atoms with E-state index in [9.17, 15) is 9.59 Å². The van der Waals surface area contributed by atoms with Crippen LogP contribution < -0.4 is 5.32 Å². The molecule has 1 fully saturated rings. The molecule has 1 aliphatic carbocycles. The van der Waals surface area contributed by atoms with Crippen LogP contribution in [0.2, 0.25) is 5.02 Å². The van der Waals surface area contributed by atoms with Crippen LogP contribution >= 0.6 is 11.6 Å². The van der Waals surface area contributed by atoms with Crippen LogP contribution in [0.3, 0.4) is 0 Å². The van der Waals surface area contributed by atoms with Gasteiger partial charge in [0.15, 0.2) is 5.78 Å². The quantitative estimate of drug-likeness (QED) is 0.715. The van der Waals surface area contributed by atoms with Crippen molar-refractivity contribution in [2.24, 2.45) is 5.92 Å². The van der Waals surface area contributed by atoms with Crippen molar-refractivity contribution in [3.63, 3.8) is 0 Å². The molecule has 3 atom stereocenters. The van der Waals surface area contributed by atoms with E-state index in [1.54, 1.807) is 25.1 Å². The number of hydrogen-bond donors (Lipinski definition) is 1. The zero-order valence-corrected chi connectivity index (χ0v) is 17.3. The molecule has 0 saturated heterocycles. The highest BCUT2D eigenvalue weighted by molar-refractivity contribution is 6.30. The fourth-order valence-corrected chi connectivity index (χ4v) is 4.26. The van der Waals surface area contributed by atoms with Gasteiger partial charge in [0.2, 0.25) is 5.91 Å². The Labute approximate surface area is 176 Å². The maximum absolute atomic E-state index is 12.6. The molecule has 1 amide bonds. The minimum absolute atomic E-state index is 0.0190. The lowest BCUT2D eigenvalue weighted by Gasteiger charge is -2.17. The van der Waals surface area contributed by atoms with Gasteiger partial charge >= 0.3 is 0 Å². The molecule has 0 unspecified atom stereocenters. The lowest BCUT2D eigenvalue weighted by Crippen LogP contribution is -2.41. The molecule has 150 valence electrons. The summed E-state index contributed by atoms with van der Waals surface area (Å²) in [6.45, 7) is 1.74. The molecule has 2 aromatic carbocycles. The van der Waals surface area contributed by atoms with E-state index in [0.717, 1.165) is 24.8 Å². The number of carbonyl (C=O) groups is 2. The smallest absolute Gasteiger partial charge is 0.223 e. The van der Waals surface area contributed by atoms with Gasteiger partial charge in [-0.1, -0.05) is 41.9 Å². The van der Waals surface area contributed by atoms with Gasteiger partial charge in [-0.25, -0.2) is 0 Å². The Morgan fingerprint density at radius 3 is 2.69 bits per heavy atom. The fourth-order valence-electron chi connectivity index (χ4n) is 4.00. The molecule has 2 aromatic rings. The van der Waals surface area contributed by atoms with Gasteiger partial charge in [0.25, 0.3) is 0 Å². The van der Waals surface area contributed by atoms with E-state index in [1.807, 2.05) is 18.2 Å². The zero-order chi connectivity index (χ0) is 20.8. The first-order valence-electron chi connectivity index (χ1n) is 10.0. The minimum atomic E-state index is -0.520. The van der Waals surface area contributed by atoms with E-state index >= 15 is 0 Å². The molecular weight excluding hydrogens is 384 g/mol. The largest absolute Gasteiger partial charge is 0.346 e. The zero-order valence-electron chi connectivity index (χ0n) is 16.5. The molecule has 29 heavy (non-hydrogen) atoms. The van der Waals surface area contributed by atoms with Gasteiger partial charge < -0.3 is 5.32 Å². The maximum atomic E-state index is 12.6. The number of aryl methyl sites for hydroxylation is 1. The molecule has 0 aliphatic heterocycles. The molecule has 3 rings (SSSR count). The monoisotopic (exact) mass is 408 g/mol. The van der Waals surface area contributed by atoms with E-state index in [0.29, 0.717) is 29.3 Å². The second-order valence-electron chi connectivity index (χ2n) is 7.77. The van der Waals surface area contributed by atoms with Gasteiger partial charge in [0, 0.05) is 17.4 Å². The van der Waals surface area contributed by atoms with Crippen molar-refractivity contribution >= 4 is 23.3 Å². The third kappa shape index (κ3) is 5.68. The predicted molar refractivity (Wildman–Crippen MR) is 114 cm³/mol. The number of halogens is 1. The van der Waals surface area contributed by atoms with Gasteiger partial charge in [-0.2, -0.15) is 5.26 Å². The van der Waals surface area contributed by atoms with Crippen LogP contribution in [-0.2, 0) is 16.0 Å². The average Bonchev–Trinajstić information content (AvgIpc) is 3.22. The van der Waals surface area contributed by atoms with Crippen LogP contribution in [0.1, 0.15) is 55.2 Å². The van der Waals surface area contributed by atoms with E-state index in [-0.39, 0.29) is 17.6 Å². The molecule has 0 bridgehead atoms. The van der Waals surface area contributed by atoms with Crippen molar-refractivity contribution in [1.29, 1.82) is 5.26 Å². The average molecular weight is 409 g/mol. The first-order chi connectivity index (χ1) is 14.0. The summed E-state index contributed by atoms with van der Waals surface area (Å²) < 4.78 is 0. The van der Waals surface area contributed by atoms with Crippen LogP contribution in [0, 0.1) is 17.2 Å². The van der Waals surface area contributed by atoms with Crippen LogP contribution in [0.4, 0.5) is 0 Å². The Balaban J connectivity index is 1.49. The van der Waals surface area contributed by atoms with Crippen molar-refractivity contribution in [1.82, 2.24) is 5.32 Å². The number of benzene rings is 2. The second-order valence-corrected chi connectivity index (χ2v) is 8.21. The van der Waals surface area contributed by atoms with Gasteiger partial charge in [0.05, 0.1) is 17.7 Å². The Kier molecular flexibility index (Phi) is 7.06. The highest BCUT2D eigenvalue weighted by Crippen LogP contribution is 2.38. The third-order valence-corrected chi connectivity index (χ3v) is 5.88. The summed E-state index contributed by atoms with van der Waals surface area (Å²) in [7, 11) is 0. The van der Waals surface area contributed by atoms with E-state index < -0.39 is 6.04 Å². The van der Waals surface area contributed by atoms with Gasteiger partial charge in [-0.3, -0.25) is 9.59 Å². The molecule has 0 aromatic heterocycles. The molecule has 1 aliphatic rings. The standard InChI is InChI=1S/C24H25ClN2O2/c1-16(23(28)10-7-17-11-18(15-26)13-22(25)12-17)27-24(29)21-9-8-20(14-21)19-5-3-2-4-6-19/h2-6,11-13,16,20-21H,7-10,14H2,1H3,(H,27,29)/t16-,20+,21+/m0/s1. The third-order valence-electron chi connectivity index (χ3n) is 5.66. The summed E-state index contributed by atoms with van der Waals surface area (Å²) in [5.41, 5.74) is 2.61. The van der Waals surface area contributed by atoms with Crippen molar-refractivity contribution in [2.75, 3.05) is 0 Å². The number of carbonyl (C=O) groups excluding carboxylic acids is 2. The SMILES string of the molecule is C[C@H](NC(=O)[C@@H]1CC[C@@H](c2ccccc2)C1)C(=O)CCc1cc(Cl)cc(C#N)c1. The first kappa shape index (κ1) is 21.1. The molecule has 0 spiro atoms. The lowest BCUT2D eigenvalue weighted by atomic mass is 9.96. The van der Waals surface area contributed by atoms with Crippen LogP contribution in [-0.4, -0.2) is 17.7 Å². The molecule has 1 N–H and O–H groups in total. The van der Waals surface area contributed by atoms with Gasteiger partial charge in [-0.05, 0) is 67.9 Å². The van der Waals surface area contributed by atoms with Gasteiger partial charge in [0.1, 0.15) is 0 Å². The topological polar surface area (TPSA) is 70.0 Å². The summed E-state index contributed by atoms with van der Waals surface area (Å²) in [5, 5.41) is 12.4. The molecular formula is C24H25ClN2O2. The van der Waals surface area contributed by atoms with E-state index in [2.05, 4.69) is 23.5 Å². The number of amides is 1. The number of Topliss-reactive ketones (excluding diaryl/α,β-unsaturated/α-hetero) is 1. The Hall–Kier alpha value is -2.64. The molecule has 0 radical (unpaired) electrons. The summed E-state index contributed by atoms with van der Waals surface area (Å²) in [4.78, 5) is 25.1. The number of nitriles is 1. The number of nitrogens with one attached hydrogen (secondary N) is 1. The minimum Gasteiger partial charge on any atom is -0.346 e. The Bertz CT molecular complexity index is 920. The van der Waals surface area contributed by atoms with Crippen molar-refractivity contribution in [2.45, 2.75) is 51.0 Å². The van der Waals surface area contributed by atoms with Gasteiger partial charge in [-0.15, -0.1) is 0 Å². The van der Waals surface area contributed by atoms with Crippen molar-refractivity contribution in [3.8, 4) is 6.07 Å². The number of rotatable bonds is 7. The van der Waals surface area contributed by atoms with Crippen LogP contribution in [0.25, 0.3) is 0 Å². The van der Waals surface area contributed by atoms with Crippen molar-refractivity contribution in [3.05, 3.63) is 70.2 Å². The fraction of sp³-hybridized carbons (Fsp3) is 0.375. The van der Waals surface area contributed by atoms with E-state index in [4.69, 9.17) is 16.9 Å². The molecule has 1 saturated carbocycles. The second kappa shape index (κ2) is 9.71. The maximum Gasteiger partial charge on any atom is 0.223 e. The first-order valence-corrected chi connectivity index (χ1v) is 10.4. The summed E-state index contributed by atoms with van der Waals surface area (Å²) in [6.07, 6.45) is 3.47. The lowest BCUT2D eigenvalue weighted by molar-refractivity contribution is -0.129. The van der Waals surface area contributed by atoms with Crippen LogP contribution in [0.15, 0.2) is 48.5 Å². The normalized spacial score (nSPS) is 19.3. The Morgan fingerprint density at radius 2 is 1.97 bits per heavy atom. The Morgan fingerprint density at radius 1 is 1.21 bits per heavy atom.